The van der Waals surface area contributed by atoms with Crippen LogP contribution in [0.2, 0.25) is 39.3 Å². The molecule has 6 rings (SSSR count). The summed E-state index contributed by atoms with van der Waals surface area (Å²) in [6.45, 7) is 29.0. The fourth-order valence-electron chi connectivity index (χ4n) is 9.42. The molecule has 1 unspecified atom stereocenters. The van der Waals surface area contributed by atoms with E-state index in [4.69, 9.17) is 28.3 Å². The van der Waals surface area contributed by atoms with Gasteiger partial charge in [-0.15, -0.1) is 11.8 Å². The van der Waals surface area contributed by atoms with Gasteiger partial charge in [0.2, 0.25) is 0 Å². The molecular formula is C42H66BNO8SSi2. The molecule has 5 atom stereocenters. The smallest absolute Gasteiger partial charge is 0.497 e. The fourth-order valence-corrected chi connectivity index (χ4v) is 20.9. The summed E-state index contributed by atoms with van der Waals surface area (Å²) in [7, 11) is -2.90. The van der Waals surface area contributed by atoms with Crippen LogP contribution in [0, 0.1) is 17.3 Å². The number of hydrogen-bond donors (Lipinski definition) is 0. The molecule has 1 saturated heterocycles. The van der Waals surface area contributed by atoms with Crippen LogP contribution in [0.3, 0.4) is 0 Å². The van der Waals surface area contributed by atoms with Crippen LogP contribution >= 0.6 is 11.8 Å². The zero-order chi connectivity index (χ0) is 40.7. The first-order chi connectivity index (χ1) is 25.5. The lowest BCUT2D eigenvalue weighted by Gasteiger charge is -2.64. The van der Waals surface area contributed by atoms with Crippen LogP contribution < -0.4 is 9.47 Å². The number of unbranched alkanes of at least 4 members (excludes halogenated alkanes) is 1. The average molecular weight is 812 g/mol. The molecule has 0 radical (unpaired) electrons. The highest BCUT2D eigenvalue weighted by Gasteiger charge is 2.69. The van der Waals surface area contributed by atoms with Crippen molar-refractivity contribution in [1.29, 1.82) is 0 Å². The molecule has 3 saturated carbocycles. The van der Waals surface area contributed by atoms with E-state index < -0.39 is 46.9 Å². The van der Waals surface area contributed by atoms with E-state index in [2.05, 4.69) is 71.2 Å². The van der Waals surface area contributed by atoms with Crippen LogP contribution in [0.5, 0.6) is 11.5 Å². The van der Waals surface area contributed by atoms with Crippen LogP contribution in [0.15, 0.2) is 41.3 Å². The van der Waals surface area contributed by atoms with Crippen LogP contribution in [-0.2, 0) is 31.0 Å². The lowest BCUT2D eigenvalue weighted by molar-refractivity contribution is -0.199. The van der Waals surface area contributed by atoms with Crippen molar-refractivity contribution in [3.05, 3.63) is 53.1 Å². The van der Waals surface area contributed by atoms with Crippen LogP contribution in [0.4, 0.5) is 4.79 Å². The van der Waals surface area contributed by atoms with Gasteiger partial charge >= 0.3 is 19.2 Å². The number of hydrogen-bond acceptors (Lipinski definition) is 10. The SMILES string of the molecule is CCCCOC(=O)c1c(SCc2ccc(OC)cc2)ccc(C[C@@H](B2OC3C[C@@H]4C[C@@H](C4(C)C)[C@]3(C)O2)N([Si](C)(C)C)[Si](C)(C)C)c1OC(=O)OC(C)(C)C. The predicted molar refractivity (Wildman–Crippen MR) is 227 cm³/mol. The Hall–Kier alpha value is -2.29. The first-order valence-electron chi connectivity index (χ1n) is 20.1. The largest absolute Gasteiger partial charge is 0.514 e. The highest BCUT2D eigenvalue weighted by Crippen LogP contribution is 2.66. The molecule has 13 heteroatoms. The fraction of sp³-hybridized carbons (Fsp3) is 0.667. The number of carbonyl (C=O) groups is 2. The Morgan fingerprint density at radius 2 is 1.65 bits per heavy atom. The summed E-state index contributed by atoms with van der Waals surface area (Å²) in [5.41, 5.74) is 1.02. The van der Waals surface area contributed by atoms with Gasteiger partial charge in [-0.3, -0.25) is 0 Å². The number of esters is 1. The molecule has 2 aromatic carbocycles. The Morgan fingerprint density at radius 1 is 1.00 bits per heavy atom. The third-order valence-electron chi connectivity index (χ3n) is 11.8. The number of methoxy groups -OCH3 is 1. The second-order valence-corrected chi connectivity index (χ2v) is 30.6. The lowest BCUT2D eigenvalue weighted by atomic mass is 9.43. The Balaban J connectivity index is 1.62. The van der Waals surface area contributed by atoms with Crippen molar-refractivity contribution in [3.63, 3.8) is 0 Å². The molecule has 1 aliphatic heterocycles. The summed E-state index contributed by atoms with van der Waals surface area (Å²) >= 11 is 1.50. The minimum Gasteiger partial charge on any atom is -0.497 e. The summed E-state index contributed by atoms with van der Waals surface area (Å²) in [4.78, 5) is 28.5. The summed E-state index contributed by atoms with van der Waals surface area (Å²) in [5, 5.41) is 0. The average Bonchev–Trinajstić information content (AvgIpc) is 3.43. The monoisotopic (exact) mass is 811 g/mol. The van der Waals surface area contributed by atoms with E-state index >= 15 is 0 Å². The topological polar surface area (TPSA) is 92.8 Å². The number of thioether (sulfide) groups is 1. The molecule has 2 aromatic rings. The van der Waals surface area contributed by atoms with Crippen molar-refractivity contribution in [2.45, 2.75) is 154 Å². The number of nitrogens with zero attached hydrogens (tertiary/aromatic N) is 1. The van der Waals surface area contributed by atoms with Crippen LogP contribution in [0.25, 0.3) is 0 Å². The second-order valence-electron chi connectivity index (χ2n) is 19.4. The molecule has 304 valence electrons. The maximum absolute atomic E-state index is 14.3. The predicted octanol–water partition coefficient (Wildman–Crippen LogP) is 10.4. The minimum atomic E-state index is -2.02. The van der Waals surface area contributed by atoms with Crippen molar-refractivity contribution in [1.82, 2.24) is 4.23 Å². The van der Waals surface area contributed by atoms with Gasteiger partial charge in [-0.2, -0.15) is 0 Å². The Kier molecular flexibility index (Phi) is 13.2. The Bertz CT molecular complexity index is 1670. The summed E-state index contributed by atoms with van der Waals surface area (Å²) in [6.07, 6.45) is 3.34. The second kappa shape index (κ2) is 16.5. The van der Waals surface area contributed by atoms with E-state index in [0.717, 1.165) is 30.6 Å². The van der Waals surface area contributed by atoms with Gasteiger partial charge in [-0.1, -0.05) is 84.7 Å². The normalized spacial score (nSPS) is 23.8. The summed E-state index contributed by atoms with van der Waals surface area (Å²) < 4.78 is 40.2. The standard InChI is InChI=1S/C42H66BNO8SSi2/c1-15-16-23-48-38(45)36-32(53-27-28-17-20-31(47-8)21-18-28)22-19-29(37(36)49-39(46)50-40(2,3)4)24-35(44(54(9,10)11)55(12,13)14)43-51-34-26-30-25-33(41(30,5)6)42(34,7)52-43/h17-22,30,33-35H,15-16,23-27H2,1-14H3/t30-,33-,34?,35-,42-/m0/s1. The van der Waals surface area contributed by atoms with Gasteiger partial charge in [-0.25, -0.2) is 9.59 Å². The highest BCUT2D eigenvalue weighted by molar-refractivity contribution is 7.98. The lowest BCUT2D eigenvalue weighted by Crippen LogP contribution is -2.68. The van der Waals surface area contributed by atoms with E-state index in [9.17, 15) is 9.59 Å². The Labute approximate surface area is 337 Å². The van der Waals surface area contributed by atoms with Crippen LogP contribution in [-0.4, -0.2) is 76.9 Å². The van der Waals surface area contributed by atoms with Gasteiger partial charge in [0.05, 0.1) is 25.4 Å². The highest BCUT2D eigenvalue weighted by atomic mass is 32.2. The van der Waals surface area contributed by atoms with E-state index in [-0.39, 0.29) is 35.4 Å². The van der Waals surface area contributed by atoms with Crippen molar-refractivity contribution < 1.29 is 37.8 Å². The first-order valence-corrected chi connectivity index (χ1v) is 28.0. The van der Waals surface area contributed by atoms with Crippen molar-refractivity contribution in [3.8, 4) is 11.5 Å². The third kappa shape index (κ3) is 9.71. The molecule has 2 bridgehead atoms. The molecule has 0 aromatic heterocycles. The molecule has 0 N–H and O–H groups in total. The van der Waals surface area contributed by atoms with Gasteiger partial charge in [0.15, 0.2) is 5.75 Å². The molecule has 4 fully saturated rings. The number of carbonyl (C=O) groups excluding carboxylic acids is 2. The van der Waals surface area contributed by atoms with Gasteiger partial charge in [0.1, 0.15) is 33.4 Å². The molecule has 0 amide bonds. The minimum absolute atomic E-state index is 0.0141. The van der Waals surface area contributed by atoms with E-state index in [1.807, 2.05) is 36.4 Å². The maximum atomic E-state index is 14.3. The third-order valence-corrected chi connectivity index (χ3v) is 20.5. The van der Waals surface area contributed by atoms with Gasteiger partial charge in [0, 0.05) is 16.6 Å². The molecule has 0 spiro atoms. The molecule has 1 heterocycles. The zero-order valence-corrected chi connectivity index (χ0v) is 38.7. The molecule has 9 nitrogen and oxygen atoms in total. The molecule has 4 aliphatic rings. The van der Waals surface area contributed by atoms with E-state index in [1.165, 1.54) is 18.2 Å². The molecule has 55 heavy (non-hydrogen) atoms. The quantitative estimate of drug-likeness (QED) is 0.0569. The van der Waals surface area contributed by atoms with Gasteiger partial charge in [0.25, 0.3) is 0 Å². The number of rotatable bonds is 15. The van der Waals surface area contributed by atoms with Crippen molar-refractivity contribution in [2.75, 3.05) is 13.7 Å². The Morgan fingerprint density at radius 3 is 2.22 bits per heavy atom. The summed E-state index contributed by atoms with van der Waals surface area (Å²) in [5.74, 6) is 1.85. The zero-order valence-electron chi connectivity index (χ0n) is 35.9. The molecular weight excluding hydrogens is 746 g/mol. The van der Waals surface area contributed by atoms with E-state index in [1.54, 1.807) is 27.9 Å². The maximum Gasteiger partial charge on any atom is 0.514 e. The number of ether oxygens (including phenoxy) is 4. The van der Waals surface area contributed by atoms with E-state index in [0.29, 0.717) is 34.5 Å². The number of benzene rings is 2. The van der Waals surface area contributed by atoms with Crippen LogP contribution in [0.1, 0.15) is 95.6 Å². The molecule has 3 aliphatic carbocycles. The van der Waals surface area contributed by atoms with Crippen molar-refractivity contribution >= 4 is 47.5 Å². The summed E-state index contributed by atoms with van der Waals surface area (Å²) in [6, 6.07) is 11.8. The first kappa shape index (κ1) is 43.8. The van der Waals surface area contributed by atoms with Crippen molar-refractivity contribution in [2.24, 2.45) is 17.3 Å². The van der Waals surface area contributed by atoms with Gasteiger partial charge < -0.3 is 32.5 Å². The van der Waals surface area contributed by atoms with Gasteiger partial charge in [-0.05, 0) is 100.0 Å².